The van der Waals surface area contributed by atoms with Crippen LogP contribution in [0.25, 0.3) is 5.57 Å². The van der Waals surface area contributed by atoms with Crippen LogP contribution in [0.15, 0.2) is 42.5 Å². The van der Waals surface area contributed by atoms with Crippen molar-refractivity contribution in [2.45, 2.75) is 78.1 Å². The lowest BCUT2D eigenvalue weighted by Gasteiger charge is -2.12. The molecule has 0 N–H and O–H groups in total. The predicted octanol–water partition coefficient (Wildman–Crippen LogP) is 7.35. The zero-order valence-corrected chi connectivity index (χ0v) is 15.2. The Bertz CT molecular complexity index is 489. The first-order valence-corrected chi connectivity index (χ1v) is 9.77. The first kappa shape index (κ1) is 18.0. The molecule has 0 nitrogen and oxygen atoms in total. The average molecular weight is 311 g/mol. The van der Waals surface area contributed by atoms with Crippen molar-refractivity contribution in [3.05, 3.63) is 53.6 Å². The molecule has 126 valence electrons. The molecule has 0 fully saturated rings. The van der Waals surface area contributed by atoms with Crippen molar-refractivity contribution in [3.8, 4) is 0 Å². The predicted molar refractivity (Wildman–Crippen MR) is 104 cm³/mol. The maximum atomic E-state index is 2.37. The maximum absolute atomic E-state index is 2.37. The van der Waals surface area contributed by atoms with Crippen molar-refractivity contribution in [3.63, 3.8) is 0 Å². The van der Waals surface area contributed by atoms with Crippen molar-refractivity contribution >= 4 is 5.57 Å². The van der Waals surface area contributed by atoms with Crippen LogP contribution in [0.5, 0.6) is 0 Å². The van der Waals surface area contributed by atoms with E-state index in [1.165, 1.54) is 80.9 Å². The van der Waals surface area contributed by atoms with E-state index in [0.29, 0.717) is 5.92 Å². The molecule has 1 unspecified atom stereocenters. The van der Waals surface area contributed by atoms with E-state index < -0.39 is 0 Å². The second-order valence-corrected chi connectivity index (χ2v) is 7.15. The molecule has 0 heteroatoms. The van der Waals surface area contributed by atoms with Gasteiger partial charge in [-0.25, -0.2) is 0 Å². The first-order valence-electron chi connectivity index (χ1n) is 9.77. The Morgan fingerprint density at radius 2 is 1.52 bits per heavy atom. The van der Waals surface area contributed by atoms with Crippen LogP contribution in [0.4, 0.5) is 0 Å². The van der Waals surface area contributed by atoms with Crippen molar-refractivity contribution in [2.24, 2.45) is 5.92 Å². The minimum atomic E-state index is 0.694. The molecule has 0 aromatic heterocycles. The third kappa shape index (κ3) is 6.77. The Morgan fingerprint density at radius 1 is 0.870 bits per heavy atom. The Morgan fingerprint density at radius 3 is 2.13 bits per heavy atom. The second kappa shape index (κ2) is 10.5. The summed E-state index contributed by atoms with van der Waals surface area (Å²) in [5, 5.41) is 0. The standard InChI is InChI=1S/C23H34/c1-3-4-5-6-7-8-9-10-11-21-14-18-23(19-15-21)22-16-12-20(2)13-17-22/h12,14-20H,3-11,13H2,1-2H3. The Kier molecular flexibility index (Phi) is 8.21. The van der Waals surface area contributed by atoms with Gasteiger partial charge in [0.15, 0.2) is 0 Å². The van der Waals surface area contributed by atoms with Gasteiger partial charge in [0.2, 0.25) is 0 Å². The Balaban J connectivity index is 1.65. The van der Waals surface area contributed by atoms with Crippen molar-refractivity contribution in [2.75, 3.05) is 0 Å². The number of benzene rings is 1. The van der Waals surface area contributed by atoms with Gasteiger partial charge in [-0.05, 0) is 41.9 Å². The number of hydrogen-bond acceptors (Lipinski definition) is 0. The van der Waals surface area contributed by atoms with Crippen LogP contribution in [0.2, 0.25) is 0 Å². The van der Waals surface area contributed by atoms with E-state index in [1.54, 1.807) is 0 Å². The summed E-state index contributed by atoms with van der Waals surface area (Å²) in [7, 11) is 0. The van der Waals surface area contributed by atoms with Crippen LogP contribution in [-0.2, 0) is 6.42 Å². The van der Waals surface area contributed by atoms with Crippen LogP contribution < -0.4 is 0 Å². The van der Waals surface area contributed by atoms with Gasteiger partial charge in [0, 0.05) is 0 Å². The minimum absolute atomic E-state index is 0.694. The molecule has 1 atom stereocenters. The molecule has 1 aromatic rings. The molecule has 2 rings (SSSR count). The molecule has 0 bridgehead atoms. The van der Waals surface area contributed by atoms with E-state index in [-0.39, 0.29) is 0 Å². The third-order valence-electron chi connectivity index (χ3n) is 4.92. The van der Waals surface area contributed by atoms with Crippen LogP contribution >= 0.6 is 0 Å². The topological polar surface area (TPSA) is 0 Å². The summed E-state index contributed by atoms with van der Waals surface area (Å²) in [4.78, 5) is 0. The van der Waals surface area contributed by atoms with E-state index in [9.17, 15) is 0 Å². The summed E-state index contributed by atoms with van der Waals surface area (Å²) >= 11 is 0. The van der Waals surface area contributed by atoms with Crippen molar-refractivity contribution < 1.29 is 0 Å². The number of unbranched alkanes of at least 4 members (excludes halogenated alkanes) is 7. The molecule has 0 heterocycles. The molecular weight excluding hydrogens is 276 g/mol. The van der Waals surface area contributed by atoms with Gasteiger partial charge in [-0.1, -0.05) is 101 Å². The highest BCUT2D eigenvalue weighted by atomic mass is 14.1. The van der Waals surface area contributed by atoms with Gasteiger partial charge in [-0.15, -0.1) is 0 Å². The van der Waals surface area contributed by atoms with Crippen LogP contribution in [0, 0.1) is 5.92 Å². The summed E-state index contributed by atoms with van der Waals surface area (Å²) in [6, 6.07) is 9.24. The Labute approximate surface area is 143 Å². The van der Waals surface area contributed by atoms with Gasteiger partial charge in [0.1, 0.15) is 0 Å². The number of allylic oxidation sites excluding steroid dienone is 4. The molecule has 23 heavy (non-hydrogen) atoms. The zero-order valence-electron chi connectivity index (χ0n) is 15.2. The number of aryl methyl sites for hydroxylation is 1. The molecule has 0 saturated heterocycles. The summed E-state index contributed by atoms with van der Waals surface area (Å²) in [6.45, 7) is 4.56. The smallest absolute Gasteiger partial charge is 0.0187 e. The largest absolute Gasteiger partial charge is 0.0808 e. The fourth-order valence-corrected chi connectivity index (χ4v) is 3.27. The lowest BCUT2D eigenvalue weighted by Crippen LogP contribution is -1.94. The van der Waals surface area contributed by atoms with Gasteiger partial charge < -0.3 is 0 Å². The highest BCUT2D eigenvalue weighted by molar-refractivity contribution is 5.74. The summed E-state index contributed by atoms with van der Waals surface area (Å²) in [6.07, 6.45) is 20.6. The molecule has 0 aliphatic heterocycles. The SMILES string of the molecule is CCCCCCCCCCc1ccc(C2=CCC(C)C=C2)cc1. The molecule has 1 aliphatic rings. The fourth-order valence-electron chi connectivity index (χ4n) is 3.27. The van der Waals surface area contributed by atoms with Crippen molar-refractivity contribution in [1.82, 2.24) is 0 Å². The first-order chi connectivity index (χ1) is 11.3. The molecule has 0 spiro atoms. The number of hydrogen-bond donors (Lipinski definition) is 0. The van der Waals surface area contributed by atoms with E-state index in [4.69, 9.17) is 0 Å². The van der Waals surface area contributed by atoms with Gasteiger partial charge in [-0.3, -0.25) is 0 Å². The highest BCUT2D eigenvalue weighted by Gasteiger charge is 2.05. The van der Waals surface area contributed by atoms with Gasteiger partial charge in [0.05, 0.1) is 0 Å². The average Bonchev–Trinajstić information content (AvgIpc) is 2.59. The lowest BCUT2D eigenvalue weighted by molar-refractivity contribution is 0.575. The zero-order chi connectivity index (χ0) is 16.3. The van der Waals surface area contributed by atoms with Gasteiger partial charge in [0.25, 0.3) is 0 Å². The van der Waals surface area contributed by atoms with E-state index in [1.807, 2.05) is 0 Å². The second-order valence-electron chi connectivity index (χ2n) is 7.15. The van der Waals surface area contributed by atoms with E-state index >= 15 is 0 Å². The Hall–Kier alpha value is -1.30. The quantitative estimate of drug-likeness (QED) is 0.396. The molecule has 0 radical (unpaired) electrons. The molecule has 0 amide bonds. The van der Waals surface area contributed by atoms with E-state index in [0.717, 1.165) is 0 Å². The summed E-state index contributed by atoms with van der Waals surface area (Å²) < 4.78 is 0. The number of rotatable bonds is 10. The van der Waals surface area contributed by atoms with Crippen molar-refractivity contribution in [1.29, 1.82) is 0 Å². The summed E-state index contributed by atoms with van der Waals surface area (Å²) in [5.41, 5.74) is 4.25. The minimum Gasteiger partial charge on any atom is -0.0808 e. The lowest BCUT2D eigenvalue weighted by atomic mass is 9.93. The monoisotopic (exact) mass is 310 g/mol. The molecule has 0 saturated carbocycles. The fraction of sp³-hybridized carbons (Fsp3) is 0.565. The maximum Gasteiger partial charge on any atom is -0.0187 e. The van der Waals surface area contributed by atoms with Crippen LogP contribution in [-0.4, -0.2) is 0 Å². The van der Waals surface area contributed by atoms with Crippen LogP contribution in [0.1, 0.15) is 82.8 Å². The van der Waals surface area contributed by atoms with Gasteiger partial charge >= 0.3 is 0 Å². The third-order valence-corrected chi connectivity index (χ3v) is 4.92. The normalized spacial score (nSPS) is 17.3. The van der Waals surface area contributed by atoms with E-state index in [2.05, 4.69) is 56.3 Å². The van der Waals surface area contributed by atoms with Gasteiger partial charge in [-0.2, -0.15) is 0 Å². The molecule has 1 aromatic carbocycles. The molecule has 1 aliphatic carbocycles. The van der Waals surface area contributed by atoms with Crippen LogP contribution in [0.3, 0.4) is 0 Å². The highest BCUT2D eigenvalue weighted by Crippen LogP contribution is 2.24. The summed E-state index contributed by atoms with van der Waals surface area (Å²) in [5.74, 6) is 0.694. The molecular formula is C23H34.